The molecule has 2 rings (SSSR count). The largest absolute Gasteiger partial charge is 0.481 e. The second-order valence-electron chi connectivity index (χ2n) is 4.83. The predicted molar refractivity (Wildman–Crippen MR) is 67.2 cm³/mol. The van der Waals surface area contributed by atoms with E-state index >= 15 is 0 Å². The lowest BCUT2D eigenvalue weighted by Crippen LogP contribution is -2.50. The fourth-order valence-corrected chi connectivity index (χ4v) is 2.17. The number of carboxylic acids is 1. The highest BCUT2D eigenvalue weighted by molar-refractivity contribution is 5.92. The topological polar surface area (TPSA) is 69.6 Å². The molecule has 0 unspecified atom stereocenters. The van der Waals surface area contributed by atoms with Crippen molar-refractivity contribution in [2.75, 3.05) is 25.0 Å². The Morgan fingerprint density at radius 3 is 2.65 bits per heavy atom. The average molecular weight is 284 g/mol. The lowest BCUT2D eigenvalue weighted by molar-refractivity contribution is -0.139. The summed E-state index contributed by atoms with van der Waals surface area (Å²) in [6.07, 6.45) is 0.0880. The Morgan fingerprint density at radius 2 is 2.05 bits per heavy atom. The molecule has 1 heterocycles. The molecule has 0 bridgehead atoms. The standard InChI is InChI=1S/C13H14F2N2O3/c14-9-1-2-11(10(15)4-9)16-12(18)7-17-5-8(6-17)3-13(19)20/h1-2,4,8H,3,5-7H2,(H,16,18)(H,19,20). The summed E-state index contributed by atoms with van der Waals surface area (Å²) < 4.78 is 26.0. The first-order valence-electron chi connectivity index (χ1n) is 6.13. The van der Waals surface area contributed by atoms with Crippen LogP contribution in [0.2, 0.25) is 0 Å². The van der Waals surface area contributed by atoms with E-state index < -0.39 is 23.5 Å². The maximum atomic E-state index is 13.3. The first-order chi connectivity index (χ1) is 9.44. The lowest BCUT2D eigenvalue weighted by atomic mass is 9.96. The van der Waals surface area contributed by atoms with Gasteiger partial charge in [0.2, 0.25) is 5.91 Å². The van der Waals surface area contributed by atoms with Crippen LogP contribution in [0.3, 0.4) is 0 Å². The molecule has 1 aromatic rings. The second kappa shape index (κ2) is 5.96. The van der Waals surface area contributed by atoms with Crippen molar-refractivity contribution in [1.82, 2.24) is 4.90 Å². The molecule has 1 aromatic carbocycles. The number of carbonyl (C=O) groups is 2. The van der Waals surface area contributed by atoms with Gasteiger partial charge < -0.3 is 10.4 Å². The highest BCUT2D eigenvalue weighted by atomic mass is 19.1. The fourth-order valence-electron chi connectivity index (χ4n) is 2.17. The van der Waals surface area contributed by atoms with Crippen LogP contribution >= 0.6 is 0 Å². The molecule has 0 radical (unpaired) electrons. The van der Waals surface area contributed by atoms with Gasteiger partial charge in [0, 0.05) is 19.2 Å². The minimum atomic E-state index is -0.854. The average Bonchev–Trinajstić information content (AvgIpc) is 2.29. The predicted octanol–water partition coefficient (Wildman–Crippen LogP) is 1.31. The molecule has 2 N–H and O–H groups in total. The van der Waals surface area contributed by atoms with Gasteiger partial charge in [-0.2, -0.15) is 0 Å². The van der Waals surface area contributed by atoms with Gasteiger partial charge in [-0.25, -0.2) is 8.78 Å². The first kappa shape index (κ1) is 14.4. The highest BCUT2D eigenvalue weighted by Crippen LogP contribution is 2.19. The third-order valence-electron chi connectivity index (χ3n) is 3.07. The Hall–Kier alpha value is -2.02. The van der Waals surface area contributed by atoms with Crippen molar-refractivity contribution in [3.8, 4) is 0 Å². The van der Waals surface area contributed by atoms with E-state index in [0.717, 1.165) is 12.1 Å². The molecule has 1 aliphatic rings. The SMILES string of the molecule is O=C(O)CC1CN(CC(=O)Nc2ccc(F)cc2F)C1. The number of carboxylic acid groups (broad SMARTS) is 1. The van der Waals surface area contributed by atoms with Gasteiger partial charge in [-0.1, -0.05) is 0 Å². The van der Waals surface area contributed by atoms with Gasteiger partial charge in [0.15, 0.2) is 0 Å². The number of nitrogens with one attached hydrogen (secondary N) is 1. The quantitative estimate of drug-likeness (QED) is 0.855. The molecule has 0 aromatic heterocycles. The summed E-state index contributed by atoms with van der Waals surface area (Å²) in [6.45, 7) is 1.13. The Labute approximate surface area is 114 Å². The van der Waals surface area contributed by atoms with Crippen LogP contribution in [0.15, 0.2) is 18.2 Å². The molecule has 5 nitrogen and oxygen atoms in total. The normalized spacial score (nSPS) is 15.7. The summed E-state index contributed by atoms with van der Waals surface area (Å²) in [5.41, 5.74) is -0.0704. The van der Waals surface area contributed by atoms with Gasteiger partial charge in [-0.05, 0) is 18.1 Å². The molecular formula is C13H14F2N2O3. The Morgan fingerprint density at radius 1 is 1.35 bits per heavy atom. The van der Waals surface area contributed by atoms with Crippen LogP contribution in [0.1, 0.15) is 6.42 Å². The molecule has 0 saturated carbocycles. The summed E-state index contributed by atoms with van der Waals surface area (Å²) in [4.78, 5) is 23.9. The van der Waals surface area contributed by atoms with Gasteiger partial charge in [0.1, 0.15) is 11.6 Å². The number of nitrogens with zero attached hydrogens (tertiary/aromatic N) is 1. The van der Waals surface area contributed by atoms with Crippen LogP contribution in [0, 0.1) is 17.6 Å². The van der Waals surface area contributed by atoms with Crippen LogP contribution < -0.4 is 5.32 Å². The van der Waals surface area contributed by atoms with Crippen molar-refractivity contribution in [3.63, 3.8) is 0 Å². The van der Waals surface area contributed by atoms with Crippen molar-refractivity contribution in [3.05, 3.63) is 29.8 Å². The molecule has 20 heavy (non-hydrogen) atoms. The zero-order valence-corrected chi connectivity index (χ0v) is 10.6. The molecular weight excluding hydrogens is 270 g/mol. The Kier molecular flexibility index (Phi) is 4.29. The number of rotatable bonds is 5. The van der Waals surface area contributed by atoms with Crippen LogP contribution in [-0.4, -0.2) is 41.5 Å². The third kappa shape index (κ3) is 3.74. The zero-order valence-electron chi connectivity index (χ0n) is 10.6. The molecule has 1 aliphatic heterocycles. The summed E-state index contributed by atoms with van der Waals surface area (Å²) in [5, 5.41) is 10.9. The van der Waals surface area contributed by atoms with Crippen LogP contribution in [-0.2, 0) is 9.59 Å². The number of amides is 1. The smallest absolute Gasteiger partial charge is 0.303 e. The molecule has 108 valence electrons. The van der Waals surface area contributed by atoms with E-state index in [1.807, 2.05) is 0 Å². The maximum Gasteiger partial charge on any atom is 0.303 e. The van der Waals surface area contributed by atoms with E-state index in [1.54, 1.807) is 4.90 Å². The molecule has 1 amide bonds. The van der Waals surface area contributed by atoms with Gasteiger partial charge in [0.25, 0.3) is 0 Å². The number of benzene rings is 1. The van der Waals surface area contributed by atoms with Crippen molar-refractivity contribution in [2.45, 2.75) is 6.42 Å². The summed E-state index contributed by atoms with van der Waals surface area (Å²) in [5.74, 6) is -2.75. The van der Waals surface area contributed by atoms with E-state index in [1.165, 1.54) is 0 Å². The number of carbonyl (C=O) groups excluding carboxylic acids is 1. The van der Waals surface area contributed by atoms with Crippen molar-refractivity contribution in [2.24, 2.45) is 5.92 Å². The Balaban J connectivity index is 1.78. The lowest BCUT2D eigenvalue weighted by Gasteiger charge is -2.37. The zero-order chi connectivity index (χ0) is 14.7. The van der Waals surface area contributed by atoms with Crippen molar-refractivity contribution in [1.29, 1.82) is 0 Å². The minimum Gasteiger partial charge on any atom is -0.481 e. The van der Waals surface area contributed by atoms with Gasteiger partial charge in [0.05, 0.1) is 18.7 Å². The van der Waals surface area contributed by atoms with E-state index in [2.05, 4.69) is 5.32 Å². The molecule has 0 atom stereocenters. The summed E-state index contributed by atoms with van der Waals surface area (Å²) in [7, 11) is 0. The number of halogens is 2. The molecule has 7 heteroatoms. The van der Waals surface area contributed by atoms with Gasteiger partial charge in [-0.3, -0.25) is 14.5 Å². The van der Waals surface area contributed by atoms with E-state index in [0.29, 0.717) is 19.2 Å². The number of aliphatic carboxylic acids is 1. The van der Waals surface area contributed by atoms with Crippen molar-refractivity contribution < 1.29 is 23.5 Å². The van der Waals surface area contributed by atoms with Gasteiger partial charge >= 0.3 is 5.97 Å². The second-order valence-corrected chi connectivity index (χ2v) is 4.83. The highest BCUT2D eigenvalue weighted by Gasteiger charge is 2.29. The Bertz CT molecular complexity index is 530. The summed E-state index contributed by atoms with van der Waals surface area (Å²) in [6, 6.07) is 2.92. The van der Waals surface area contributed by atoms with Gasteiger partial charge in [-0.15, -0.1) is 0 Å². The van der Waals surface area contributed by atoms with Crippen LogP contribution in [0.25, 0.3) is 0 Å². The number of hydrogen-bond acceptors (Lipinski definition) is 3. The molecule has 1 saturated heterocycles. The molecule has 1 fully saturated rings. The maximum absolute atomic E-state index is 13.3. The third-order valence-corrected chi connectivity index (χ3v) is 3.07. The minimum absolute atomic E-state index is 0.0582. The monoisotopic (exact) mass is 284 g/mol. The number of likely N-dealkylation sites (tertiary alicyclic amines) is 1. The summed E-state index contributed by atoms with van der Waals surface area (Å²) >= 11 is 0. The first-order valence-corrected chi connectivity index (χ1v) is 6.13. The van der Waals surface area contributed by atoms with Crippen LogP contribution in [0.4, 0.5) is 14.5 Å². The van der Waals surface area contributed by atoms with E-state index in [-0.39, 0.29) is 24.6 Å². The van der Waals surface area contributed by atoms with E-state index in [9.17, 15) is 18.4 Å². The van der Waals surface area contributed by atoms with Crippen LogP contribution in [0.5, 0.6) is 0 Å². The number of hydrogen-bond donors (Lipinski definition) is 2. The van der Waals surface area contributed by atoms with Crippen molar-refractivity contribution >= 4 is 17.6 Å². The molecule has 0 aliphatic carbocycles. The van der Waals surface area contributed by atoms with E-state index in [4.69, 9.17) is 5.11 Å². The fraction of sp³-hybridized carbons (Fsp3) is 0.385. The molecule has 0 spiro atoms. The number of anilines is 1.